The highest BCUT2D eigenvalue weighted by Crippen LogP contribution is 2.36. The zero-order chi connectivity index (χ0) is 20.8. The largest absolute Gasteiger partial charge is 0.493 e. The van der Waals surface area contributed by atoms with Gasteiger partial charge in [-0.3, -0.25) is 9.59 Å². The summed E-state index contributed by atoms with van der Waals surface area (Å²) in [6.07, 6.45) is 0.513. The van der Waals surface area contributed by atoms with Crippen molar-refractivity contribution in [2.75, 3.05) is 37.6 Å². The van der Waals surface area contributed by atoms with Gasteiger partial charge in [0.05, 0.1) is 41.9 Å². The second kappa shape index (κ2) is 7.45. The second-order valence-corrected chi connectivity index (χ2v) is 10.4. The van der Waals surface area contributed by atoms with E-state index in [1.165, 1.54) is 18.4 Å². The molecule has 0 saturated carbocycles. The van der Waals surface area contributed by atoms with E-state index in [0.29, 0.717) is 28.6 Å². The lowest BCUT2D eigenvalue weighted by Gasteiger charge is -2.22. The van der Waals surface area contributed by atoms with Crippen molar-refractivity contribution in [2.45, 2.75) is 18.9 Å². The number of fused-ring (bicyclic) bond motifs is 1. The Labute approximate surface area is 171 Å². The molecule has 2 aliphatic rings. The first-order valence-corrected chi connectivity index (χ1v) is 11.8. The predicted molar refractivity (Wildman–Crippen MR) is 108 cm³/mol. The summed E-state index contributed by atoms with van der Waals surface area (Å²) in [6.45, 7) is 0.234. The fourth-order valence-electron chi connectivity index (χ4n) is 3.80. The summed E-state index contributed by atoms with van der Waals surface area (Å²) in [5.74, 6) is 0.204. The Morgan fingerprint density at radius 1 is 1.28 bits per heavy atom. The van der Waals surface area contributed by atoms with Gasteiger partial charge in [-0.1, -0.05) is 11.3 Å². The molecule has 3 heterocycles. The molecule has 2 aliphatic heterocycles. The first kappa shape index (κ1) is 19.9. The Bertz CT molecular complexity index is 1040. The highest BCUT2D eigenvalue weighted by atomic mass is 32.2. The normalized spacial score (nSPS) is 23.5. The van der Waals surface area contributed by atoms with Gasteiger partial charge in [0.1, 0.15) is 0 Å². The van der Waals surface area contributed by atoms with Crippen LogP contribution in [0.5, 0.6) is 11.5 Å². The fourth-order valence-corrected chi connectivity index (χ4v) is 6.41. The predicted octanol–water partition coefficient (Wildman–Crippen LogP) is 1.29. The van der Waals surface area contributed by atoms with E-state index in [1.54, 1.807) is 24.1 Å². The summed E-state index contributed by atoms with van der Waals surface area (Å²) in [7, 11) is -0.00590. The summed E-state index contributed by atoms with van der Waals surface area (Å²) in [5.41, 5.74) is 0.670. The minimum Gasteiger partial charge on any atom is -0.493 e. The molecule has 0 aliphatic carbocycles. The number of aromatic nitrogens is 1. The van der Waals surface area contributed by atoms with Crippen LogP contribution >= 0.6 is 11.3 Å². The molecule has 1 N–H and O–H groups in total. The fraction of sp³-hybridized carbons (Fsp3) is 0.500. The van der Waals surface area contributed by atoms with Crippen molar-refractivity contribution in [1.29, 1.82) is 0 Å². The number of carbonyl (C=O) groups is 2. The number of amides is 2. The molecule has 156 valence electrons. The lowest BCUT2D eigenvalue weighted by atomic mass is 10.1. The molecule has 1 aromatic carbocycles. The monoisotopic (exact) mass is 439 g/mol. The van der Waals surface area contributed by atoms with E-state index in [0.717, 1.165) is 4.70 Å². The maximum atomic E-state index is 12.7. The van der Waals surface area contributed by atoms with E-state index in [9.17, 15) is 18.0 Å². The Balaban J connectivity index is 1.46. The standard InChI is InChI=1S/C18H21N3O6S2/c1-26-13-6-12-15(7-14(13)27-2)28-18(19-12)20-17(23)10-5-16(22)21(8-10)11-3-4-29(24,25)9-11/h6-7,10-11H,3-5,8-9H2,1-2H3,(H,19,20,23). The molecular weight excluding hydrogens is 418 g/mol. The molecule has 0 radical (unpaired) electrons. The number of hydrogen-bond donors (Lipinski definition) is 1. The van der Waals surface area contributed by atoms with Gasteiger partial charge in [-0.15, -0.1) is 0 Å². The highest BCUT2D eigenvalue weighted by Gasteiger charge is 2.42. The number of ether oxygens (including phenoxy) is 2. The highest BCUT2D eigenvalue weighted by molar-refractivity contribution is 7.91. The third kappa shape index (κ3) is 3.88. The van der Waals surface area contributed by atoms with Crippen LogP contribution in [0.3, 0.4) is 0 Å². The topological polar surface area (TPSA) is 115 Å². The van der Waals surface area contributed by atoms with E-state index in [-0.39, 0.29) is 42.3 Å². The maximum absolute atomic E-state index is 12.7. The molecule has 2 atom stereocenters. The quantitative estimate of drug-likeness (QED) is 0.746. The van der Waals surface area contributed by atoms with Crippen molar-refractivity contribution in [2.24, 2.45) is 5.92 Å². The van der Waals surface area contributed by atoms with Crippen LogP contribution in [0, 0.1) is 5.92 Å². The maximum Gasteiger partial charge on any atom is 0.231 e. The first-order valence-electron chi connectivity index (χ1n) is 9.13. The van der Waals surface area contributed by atoms with Crippen molar-refractivity contribution in [1.82, 2.24) is 9.88 Å². The zero-order valence-electron chi connectivity index (χ0n) is 16.0. The number of likely N-dealkylation sites (tertiary alicyclic amines) is 1. The Morgan fingerprint density at radius 3 is 2.66 bits per heavy atom. The van der Waals surface area contributed by atoms with Crippen molar-refractivity contribution in [3.05, 3.63) is 12.1 Å². The number of benzene rings is 1. The van der Waals surface area contributed by atoms with Gasteiger partial charge in [-0.05, 0) is 6.42 Å². The lowest BCUT2D eigenvalue weighted by Crippen LogP contribution is -2.38. The van der Waals surface area contributed by atoms with Gasteiger partial charge < -0.3 is 19.7 Å². The molecule has 2 fully saturated rings. The van der Waals surface area contributed by atoms with Crippen LogP contribution in [0.15, 0.2) is 12.1 Å². The van der Waals surface area contributed by atoms with Crippen molar-refractivity contribution >= 4 is 48.3 Å². The molecule has 2 amide bonds. The van der Waals surface area contributed by atoms with Crippen molar-refractivity contribution in [3.63, 3.8) is 0 Å². The van der Waals surface area contributed by atoms with E-state index < -0.39 is 15.8 Å². The molecule has 1 aromatic heterocycles. The van der Waals surface area contributed by atoms with E-state index in [1.807, 2.05) is 0 Å². The van der Waals surface area contributed by atoms with Gasteiger partial charge in [0, 0.05) is 31.1 Å². The van der Waals surface area contributed by atoms with E-state index in [4.69, 9.17) is 9.47 Å². The number of hydrogen-bond acceptors (Lipinski definition) is 8. The SMILES string of the molecule is COc1cc2nc(NC(=O)C3CC(=O)N(C4CCS(=O)(=O)C4)C3)sc2cc1OC. The average molecular weight is 440 g/mol. The van der Waals surface area contributed by atoms with Crippen LogP contribution in [0.2, 0.25) is 0 Å². The van der Waals surface area contributed by atoms with E-state index >= 15 is 0 Å². The van der Waals surface area contributed by atoms with Crippen LogP contribution in [-0.4, -0.2) is 68.4 Å². The van der Waals surface area contributed by atoms with Gasteiger partial charge in [0.25, 0.3) is 0 Å². The summed E-state index contributed by atoms with van der Waals surface area (Å²) in [4.78, 5) is 31.0. The Kier molecular flexibility index (Phi) is 5.11. The van der Waals surface area contributed by atoms with Gasteiger partial charge in [0.15, 0.2) is 26.5 Å². The summed E-state index contributed by atoms with van der Waals surface area (Å²) in [6, 6.07) is 3.21. The summed E-state index contributed by atoms with van der Waals surface area (Å²) >= 11 is 1.30. The number of nitrogens with zero attached hydrogens (tertiary/aromatic N) is 2. The minimum absolute atomic E-state index is 0.0192. The third-order valence-corrected chi connectivity index (χ3v) is 7.99. The number of sulfone groups is 1. The summed E-state index contributed by atoms with van der Waals surface area (Å²) in [5, 5.41) is 3.21. The zero-order valence-corrected chi connectivity index (χ0v) is 17.6. The second-order valence-electron chi connectivity index (χ2n) is 7.19. The minimum atomic E-state index is -3.09. The van der Waals surface area contributed by atoms with Gasteiger partial charge in [-0.25, -0.2) is 13.4 Å². The van der Waals surface area contributed by atoms with E-state index in [2.05, 4.69) is 10.3 Å². The number of anilines is 1. The number of thiazole rings is 1. The molecule has 2 unspecified atom stereocenters. The van der Waals surface area contributed by atoms with Gasteiger partial charge in [0.2, 0.25) is 11.8 Å². The molecule has 0 spiro atoms. The number of nitrogens with one attached hydrogen (secondary N) is 1. The molecule has 2 aromatic rings. The van der Waals surface area contributed by atoms with Crippen LogP contribution in [0.1, 0.15) is 12.8 Å². The first-order chi connectivity index (χ1) is 13.8. The van der Waals surface area contributed by atoms with Crippen molar-refractivity contribution in [3.8, 4) is 11.5 Å². The Morgan fingerprint density at radius 2 is 2.00 bits per heavy atom. The van der Waals surface area contributed by atoms with Crippen LogP contribution < -0.4 is 14.8 Å². The van der Waals surface area contributed by atoms with Gasteiger partial charge in [-0.2, -0.15) is 0 Å². The number of carbonyl (C=O) groups excluding carboxylic acids is 2. The lowest BCUT2D eigenvalue weighted by molar-refractivity contribution is -0.129. The van der Waals surface area contributed by atoms with Crippen molar-refractivity contribution < 1.29 is 27.5 Å². The molecule has 0 bridgehead atoms. The van der Waals surface area contributed by atoms with Crippen LogP contribution in [-0.2, 0) is 19.4 Å². The molecule has 11 heteroatoms. The third-order valence-electron chi connectivity index (χ3n) is 5.30. The summed E-state index contributed by atoms with van der Waals surface area (Å²) < 4.78 is 34.8. The van der Waals surface area contributed by atoms with Crippen LogP contribution in [0.25, 0.3) is 10.2 Å². The molecular formula is C18H21N3O6S2. The average Bonchev–Trinajstić information content (AvgIpc) is 3.35. The molecule has 2 saturated heterocycles. The van der Waals surface area contributed by atoms with Gasteiger partial charge >= 0.3 is 0 Å². The smallest absolute Gasteiger partial charge is 0.231 e. The molecule has 4 rings (SSSR count). The number of methoxy groups -OCH3 is 2. The molecule has 29 heavy (non-hydrogen) atoms. The number of rotatable bonds is 5. The Hall–Kier alpha value is -2.40. The van der Waals surface area contributed by atoms with Crippen LogP contribution in [0.4, 0.5) is 5.13 Å². The molecule has 9 nitrogen and oxygen atoms in total.